The maximum atomic E-state index is 12.6. The van der Waals surface area contributed by atoms with E-state index in [1.54, 1.807) is 28.6 Å². The molecule has 138 valence electrons. The highest BCUT2D eigenvalue weighted by Gasteiger charge is 2.35. The van der Waals surface area contributed by atoms with Crippen molar-refractivity contribution >= 4 is 44.7 Å². The van der Waals surface area contributed by atoms with Gasteiger partial charge in [-0.2, -0.15) is 0 Å². The molecule has 0 saturated carbocycles. The Labute approximate surface area is 160 Å². The van der Waals surface area contributed by atoms with Crippen LogP contribution in [0.5, 0.6) is 0 Å². The number of hydrogen-bond acceptors (Lipinski definition) is 4. The number of amides is 2. The van der Waals surface area contributed by atoms with Gasteiger partial charge in [0.25, 0.3) is 0 Å². The van der Waals surface area contributed by atoms with Crippen molar-refractivity contribution in [3.05, 3.63) is 57.7 Å². The summed E-state index contributed by atoms with van der Waals surface area (Å²) < 4.78 is 2.41. The van der Waals surface area contributed by atoms with Gasteiger partial charge < -0.3 is 14.8 Å². The SMILES string of the molecule is Cc1ccc(N2CC(C(=O)Nc3ccc4c(c3)sc(=O)n4C)CC2=O)cc1. The number of nitrogens with one attached hydrogen (secondary N) is 1. The summed E-state index contributed by atoms with van der Waals surface area (Å²) in [5.74, 6) is -0.625. The van der Waals surface area contributed by atoms with Gasteiger partial charge in [-0.3, -0.25) is 14.4 Å². The molecule has 1 N–H and O–H groups in total. The van der Waals surface area contributed by atoms with E-state index in [1.807, 2.05) is 37.3 Å². The number of nitrogens with zero attached hydrogens (tertiary/aromatic N) is 2. The van der Waals surface area contributed by atoms with Crippen molar-refractivity contribution in [2.45, 2.75) is 13.3 Å². The van der Waals surface area contributed by atoms with Crippen LogP contribution in [0.3, 0.4) is 0 Å². The molecule has 3 aromatic rings. The van der Waals surface area contributed by atoms with Crippen LogP contribution in [-0.2, 0) is 16.6 Å². The molecule has 1 aromatic heterocycles. The Balaban J connectivity index is 1.49. The summed E-state index contributed by atoms with van der Waals surface area (Å²) in [5, 5.41) is 2.88. The number of thiazole rings is 1. The Morgan fingerprint density at radius 1 is 1.15 bits per heavy atom. The topological polar surface area (TPSA) is 71.4 Å². The third kappa shape index (κ3) is 3.26. The highest BCUT2D eigenvalue weighted by molar-refractivity contribution is 7.16. The normalized spacial score (nSPS) is 16.9. The largest absolute Gasteiger partial charge is 0.326 e. The zero-order chi connectivity index (χ0) is 19.1. The first-order chi connectivity index (χ1) is 12.9. The van der Waals surface area contributed by atoms with Gasteiger partial charge in [-0.05, 0) is 37.3 Å². The van der Waals surface area contributed by atoms with Crippen molar-refractivity contribution in [2.24, 2.45) is 13.0 Å². The van der Waals surface area contributed by atoms with Crippen LogP contribution < -0.4 is 15.1 Å². The number of benzene rings is 2. The predicted octanol–water partition coefficient (Wildman–Crippen LogP) is 2.90. The summed E-state index contributed by atoms with van der Waals surface area (Å²) in [5.41, 5.74) is 3.41. The Bertz CT molecular complexity index is 1100. The number of aromatic nitrogens is 1. The monoisotopic (exact) mass is 381 g/mol. The Hall–Kier alpha value is -2.93. The molecule has 1 aliphatic heterocycles. The Morgan fingerprint density at radius 2 is 1.89 bits per heavy atom. The molecule has 27 heavy (non-hydrogen) atoms. The Kier molecular flexibility index (Phi) is 4.31. The highest BCUT2D eigenvalue weighted by atomic mass is 32.1. The van der Waals surface area contributed by atoms with E-state index in [1.165, 1.54) is 0 Å². The lowest BCUT2D eigenvalue weighted by Crippen LogP contribution is -2.28. The second kappa shape index (κ2) is 6.66. The first kappa shape index (κ1) is 17.5. The molecule has 2 amide bonds. The van der Waals surface area contributed by atoms with Crippen LogP contribution in [0.15, 0.2) is 47.3 Å². The first-order valence-corrected chi connectivity index (χ1v) is 9.51. The molecule has 6 nitrogen and oxygen atoms in total. The molecule has 1 saturated heterocycles. The third-order valence-electron chi connectivity index (χ3n) is 4.90. The molecule has 7 heteroatoms. The molecule has 2 aromatic carbocycles. The maximum Gasteiger partial charge on any atom is 0.307 e. The van der Waals surface area contributed by atoms with E-state index in [2.05, 4.69) is 5.32 Å². The van der Waals surface area contributed by atoms with Gasteiger partial charge in [0.2, 0.25) is 11.8 Å². The fraction of sp³-hybridized carbons (Fsp3) is 0.250. The quantitative estimate of drug-likeness (QED) is 0.758. The van der Waals surface area contributed by atoms with Gasteiger partial charge in [-0.1, -0.05) is 29.0 Å². The number of hydrogen-bond donors (Lipinski definition) is 1. The van der Waals surface area contributed by atoms with E-state index in [9.17, 15) is 14.4 Å². The van der Waals surface area contributed by atoms with Crippen molar-refractivity contribution in [1.29, 1.82) is 0 Å². The molecule has 0 spiro atoms. The first-order valence-electron chi connectivity index (χ1n) is 8.70. The molecule has 0 bridgehead atoms. The van der Waals surface area contributed by atoms with Crippen molar-refractivity contribution in [2.75, 3.05) is 16.8 Å². The second-order valence-electron chi connectivity index (χ2n) is 6.84. The van der Waals surface area contributed by atoms with E-state index in [0.717, 1.165) is 32.8 Å². The summed E-state index contributed by atoms with van der Waals surface area (Å²) >= 11 is 1.15. The van der Waals surface area contributed by atoms with Crippen LogP contribution in [-0.4, -0.2) is 22.9 Å². The molecule has 1 atom stereocenters. The van der Waals surface area contributed by atoms with Gasteiger partial charge in [-0.25, -0.2) is 0 Å². The fourth-order valence-electron chi connectivity index (χ4n) is 3.31. The summed E-state index contributed by atoms with van der Waals surface area (Å²) in [6, 6.07) is 13.1. The maximum absolute atomic E-state index is 12.6. The zero-order valence-corrected chi connectivity index (χ0v) is 15.9. The lowest BCUT2D eigenvalue weighted by molar-refractivity contribution is -0.122. The van der Waals surface area contributed by atoms with E-state index in [-0.39, 0.29) is 23.1 Å². The van der Waals surface area contributed by atoms with Crippen LogP contribution in [0.1, 0.15) is 12.0 Å². The van der Waals surface area contributed by atoms with Crippen LogP contribution in [0.2, 0.25) is 0 Å². The van der Waals surface area contributed by atoms with Gasteiger partial charge in [0, 0.05) is 31.4 Å². The lowest BCUT2D eigenvalue weighted by Gasteiger charge is -2.17. The molecule has 1 fully saturated rings. The van der Waals surface area contributed by atoms with Gasteiger partial charge in [0.1, 0.15) is 0 Å². The number of anilines is 2. The molecule has 2 heterocycles. The number of aryl methyl sites for hydroxylation is 2. The minimum atomic E-state index is -0.399. The number of fused-ring (bicyclic) bond motifs is 1. The Morgan fingerprint density at radius 3 is 2.63 bits per heavy atom. The van der Waals surface area contributed by atoms with Crippen molar-refractivity contribution in [3.63, 3.8) is 0 Å². The average molecular weight is 381 g/mol. The van der Waals surface area contributed by atoms with E-state index >= 15 is 0 Å². The third-order valence-corrected chi connectivity index (χ3v) is 5.90. The summed E-state index contributed by atoms with van der Waals surface area (Å²) in [7, 11) is 1.73. The lowest BCUT2D eigenvalue weighted by atomic mass is 10.1. The number of rotatable bonds is 3. The average Bonchev–Trinajstić information content (AvgIpc) is 3.16. The predicted molar refractivity (Wildman–Crippen MR) is 107 cm³/mol. The number of carbonyl (C=O) groups excluding carboxylic acids is 2. The smallest absolute Gasteiger partial charge is 0.307 e. The molecular weight excluding hydrogens is 362 g/mol. The van der Waals surface area contributed by atoms with E-state index in [0.29, 0.717) is 12.2 Å². The van der Waals surface area contributed by atoms with Gasteiger partial charge in [-0.15, -0.1) is 0 Å². The minimum Gasteiger partial charge on any atom is -0.326 e. The van der Waals surface area contributed by atoms with Crippen LogP contribution in [0, 0.1) is 12.8 Å². The van der Waals surface area contributed by atoms with Gasteiger partial charge in [0.05, 0.1) is 16.1 Å². The van der Waals surface area contributed by atoms with E-state index in [4.69, 9.17) is 0 Å². The molecular formula is C20H19N3O3S. The fourth-order valence-corrected chi connectivity index (χ4v) is 4.23. The van der Waals surface area contributed by atoms with Gasteiger partial charge >= 0.3 is 4.87 Å². The summed E-state index contributed by atoms with van der Waals surface area (Å²) in [6.45, 7) is 2.36. The molecule has 4 rings (SSSR count). The molecule has 0 radical (unpaired) electrons. The van der Waals surface area contributed by atoms with Crippen LogP contribution in [0.4, 0.5) is 11.4 Å². The summed E-state index contributed by atoms with van der Waals surface area (Å²) in [4.78, 5) is 38.4. The van der Waals surface area contributed by atoms with Crippen LogP contribution >= 0.6 is 11.3 Å². The zero-order valence-electron chi connectivity index (χ0n) is 15.1. The van der Waals surface area contributed by atoms with Crippen molar-refractivity contribution in [3.8, 4) is 0 Å². The van der Waals surface area contributed by atoms with Crippen molar-refractivity contribution < 1.29 is 9.59 Å². The van der Waals surface area contributed by atoms with E-state index < -0.39 is 5.92 Å². The van der Waals surface area contributed by atoms with Crippen molar-refractivity contribution in [1.82, 2.24) is 4.57 Å². The highest BCUT2D eigenvalue weighted by Crippen LogP contribution is 2.27. The molecule has 0 aliphatic carbocycles. The minimum absolute atomic E-state index is 0.0383. The second-order valence-corrected chi connectivity index (χ2v) is 7.83. The summed E-state index contributed by atoms with van der Waals surface area (Å²) in [6.07, 6.45) is 0.195. The van der Waals surface area contributed by atoms with Gasteiger partial charge in [0.15, 0.2) is 0 Å². The number of carbonyl (C=O) groups is 2. The standard InChI is InChI=1S/C20H19N3O3S/c1-12-3-6-15(7-4-12)23-11-13(9-18(23)24)19(25)21-14-5-8-16-17(10-14)27-20(26)22(16)2/h3-8,10,13H,9,11H2,1-2H3,(H,21,25). The van der Waals surface area contributed by atoms with Crippen LogP contribution in [0.25, 0.3) is 10.2 Å². The molecule has 1 unspecified atom stereocenters. The molecule has 1 aliphatic rings.